The molecule has 0 amide bonds. The van der Waals surface area contributed by atoms with Gasteiger partial charge in [-0.2, -0.15) is 5.10 Å². The van der Waals surface area contributed by atoms with Gasteiger partial charge in [0.15, 0.2) is 17.3 Å². The average molecular weight is 338 g/mol. The van der Waals surface area contributed by atoms with Gasteiger partial charge >= 0.3 is 0 Å². The molecule has 0 aliphatic carbocycles. The van der Waals surface area contributed by atoms with Crippen LogP contribution in [-0.2, 0) is 0 Å². The van der Waals surface area contributed by atoms with Crippen LogP contribution in [0.3, 0.4) is 0 Å². The van der Waals surface area contributed by atoms with Crippen molar-refractivity contribution in [2.75, 3.05) is 12.4 Å². The number of hydrogen-bond donors (Lipinski definition) is 4. The number of fused-ring (bicyclic) bond motifs is 1. The molecule has 0 aliphatic rings. The molecule has 8 nitrogen and oxygen atoms in total. The van der Waals surface area contributed by atoms with Gasteiger partial charge in [-0.25, -0.2) is 4.98 Å². The monoisotopic (exact) mass is 338 g/mol. The molecule has 2 aromatic heterocycles. The van der Waals surface area contributed by atoms with Crippen molar-refractivity contribution in [3.8, 4) is 28.6 Å². The molecule has 4 aromatic rings. The lowest BCUT2D eigenvalue weighted by molar-refractivity contribution is 0.345. The highest BCUT2D eigenvalue weighted by Crippen LogP contribution is 2.43. The number of benzene rings is 2. The second-order valence-electron chi connectivity index (χ2n) is 5.34. The van der Waals surface area contributed by atoms with E-state index in [1.165, 1.54) is 25.4 Å². The van der Waals surface area contributed by atoms with Crippen molar-refractivity contribution in [1.82, 2.24) is 15.2 Å². The Kier molecular flexibility index (Phi) is 3.42. The van der Waals surface area contributed by atoms with Gasteiger partial charge in [0.1, 0.15) is 0 Å². The smallest absolute Gasteiger partial charge is 0.299 e. The lowest BCUT2D eigenvalue weighted by Crippen LogP contribution is -1.89. The highest BCUT2D eigenvalue weighted by molar-refractivity contribution is 5.82. The Balaban J connectivity index is 1.64. The zero-order chi connectivity index (χ0) is 17.4. The molecule has 0 radical (unpaired) electrons. The number of anilines is 2. The van der Waals surface area contributed by atoms with E-state index in [-0.39, 0.29) is 23.3 Å². The van der Waals surface area contributed by atoms with Crippen LogP contribution in [0.2, 0.25) is 0 Å². The van der Waals surface area contributed by atoms with Crippen LogP contribution in [0.4, 0.5) is 11.7 Å². The Morgan fingerprint density at radius 1 is 1.16 bits per heavy atom. The quantitative estimate of drug-likeness (QED) is 0.450. The van der Waals surface area contributed by atoms with E-state index >= 15 is 0 Å². The molecule has 0 fully saturated rings. The first-order valence-electron chi connectivity index (χ1n) is 7.41. The minimum absolute atomic E-state index is 0.0196. The molecule has 2 aromatic carbocycles. The Bertz CT molecular complexity index is 1050. The van der Waals surface area contributed by atoms with Gasteiger partial charge < -0.3 is 24.7 Å². The summed E-state index contributed by atoms with van der Waals surface area (Å²) in [4.78, 5) is 4.16. The number of H-pyrrole nitrogens is 1. The van der Waals surface area contributed by atoms with Crippen molar-refractivity contribution in [2.45, 2.75) is 0 Å². The van der Waals surface area contributed by atoms with E-state index in [1.807, 2.05) is 18.2 Å². The fourth-order valence-corrected chi connectivity index (χ4v) is 2.56. The van der Waals surface area contributed by atoms with E-state index in [0.29, 0.717) is 11.3 Å². The summed E-state index contributed by atoms with van der Waals surface area (Å²) in [5.74, 6) is -0.0587. The summed E-state index contributed by atoms with van der Waals surface area (Å²) in [6, 6.07) is 8.87. The Morgan fingerprint density at radius 2 is 2.04 bits per heavy atom. The number of oxazole rings is 1. The second kappa shape index (κ2) is 5.75. The van der Waals surface area contributed by atoms with Gasteiger partial charge in [-0.05, 0) is 30.3 Å². The summed E-state index contributed by atoms with van der Waals surface area (Å²) >= 11 is 0. The number of phenolic OH excluding ortho intramolecular Hbond substituents is 2. The van der Waals surface area contributed by atoms with Gasteiger partial charge in [-0.3, -0.25) is 5.10 Å². The molecule has 126 valence electrons. The number of nitrogens with one attached hydrogen (secondary N) is 2. The molecule has 8 heteroatoms. The summed E-state index contributed by atoms with van der Waals surface area (Å²) in [5.41, 5.74) is 2.08. The van der Waals surface area contributed by atoms with Crippen LogP contribution in [0, 0.1) is 0 Å². The van der Waals surface area contributed by atoms with Gasteiger partial charge in [-0.1, -0.05) is 0 Å². The first-order chi connectivity index (χ1) is 12.2. The van der Waals surface area contributed by atoms with Gasteiger partial charge in [0.2, 0.25) is 5.75 Å². The molecule has 0 saturated heterocycles. The molecule has 4 N–H and O–H groups in total. The molecular weight excluding hydrogens is 324 g/mol. The Labute approximate surface area is 141 Å². The number of aromatic nitrogens is 3. The number of phenols is 2. The number of methoxy groups -OCH3 is 1. The fourth-order valence-electron chi connectivity index (χ4n) is 2.56. The molecule has 0 atom stereocenters. The van der Waals surface area contributed by atoms with Crippen LogP contribution in [0.1, 0.15) is 0 Å². The molecule has 4 rings (SSSR count). The number of hydrogen-bond acceptors (Lipinski definition) is 7. The van der Waals surface area contributed by atoms with Crippen molar-refractivity contribution in [3.05, 3.63) is 42.7 Å². The number of aromatic amines is 1. The molecule has 2 heterocycles. The van der Waals surface area contributed by atoms with Crippen molar-refractivity contribution in [2.24, 2.45) is 0 Å². The zero-order valence-electron chi connectivity index (χ0n) is 13.1. The lowest BCUT2D eigenvalue weighted by Gasteiger charge is -2.08. The molecule has 0 unspecified atom stereocenters. The third-order valence-corrected chi connectivity index (χ3v) is 3.78. The van der Waals surface area contributed by atoms with Gasteiger partial charge in [-0.15, -0.1) is 0 Å². The molecule has 0 aliphatic heterocycles. The molecule has 0 saturated carbocycles. The highest BCUT2D eigenvalue weighted by atomic mass is 16.5. The molecule has 0 spiro atoms. The van der Waals surface area contributed by atoms with E-state index in [4.69, 9.17) is 9.15 Å². The predicted octanol–water partition coefficient (Wildman–Crippen LogP) is 3.38. The van der Waals surface area contributed by atoms with Gasteiger partial charge in [0.05, 0.1) is 30.6 Å². The molecular formula is C17H14N4O4. The normalized spacial score (nSPS) is 10.9. The van der Waals surface area contributed by atoms with Crippen molar-refractivity contribution < 1.29 is 19.4 Å². The van der Waals surface area contributed by atoms with Crippen LogP contribution in [0.25, 0.3) is 22.2 Å². The second-order valence-corrected chi connectivity index (χ2v) is 5.34. The van der Waals surface area contributed by atoms with E-state index in [2.05, 4.69) is 20.5 Å². The topological polar surface area (TPSA) is 116 Å². The molecule has 25 heavy (non-hydrogen) atoms. The molecule has 0 bridgehead atoms. The minimum Gasteiger partial charge on any atom is -0.504 e. The minimum atomic E-state index is -0.218. The summed E-state index contributed by atoms with van der Waals surface area (Å²) in [5, 5.41) is 30.8. The summed E-state index contributed by atoms with van der Waals surface area (Å²) in [6.07, 6.45) is 3.20. The SMILES string of the molecule is COc1c(O)ccc(-c2cnc(Nc3ccc4[nH]ncc4c3)o2)c1O. The number of nitrogens with zero attached hydrogens (tertiary/aromatic N) is 2. The zero-order valence-corrected chi connectivity index (χ0v) is 13.1. The van der Waals surface area contributed by atoms with Crippen molar-refractivity contribution in [1.29, 1.82) is 0 Å². The number of aromatic hydroxyl groups is 2. The maximum absolute atomic E-state index is 10.2. The summed E-state index contributed by atoms with van der Waals surface area (Å²) in [7, 11) is 1.36. The van der Waals surface area contributed by atoms with Crippen LogP contribution >= 0.6 is 0 Å². The van der Waals surface area contributed by atoms with Crippen molar-refractivity contribution >= 4 is 22.6 Å². The van der Waals surface area contributed by atoms with Crippen molar-refractivity contribution in [3.63, 3.8) is 0 Å². The maximum Gasteiger partial charge on any atom is 0.299 e. The van der Waals surface area contributed by atoms with Gasteiger partial charge in [0, 0.05) is 11.1 Å². The third-order valence-electron chi connectivity index (χ3n) is 3.78. The first kappa shape index (κ1) is 14.9. The average Bonchev–Trinajstić information content (AvgIpc) is 3.24. The highest BCUT2D eigenvalue weighted by Gasteiger charge is 2.17. The third kappa shape index (κ3) is 2.59. The van der Waals surface area contributed by atoms with E-state index in [9.17, 15) is 10.2 Å². The van der Waals surface area contributed by atoms with E-state index < -0.39 is 0 Å². The summed E-state index contributed by atoms with van der Waals surface area (Å²) < 4.78 is 10.6. The first-order valence-corrected chi connectivity index (χ1v) is 7.41. The fraction of sp³-hybridized carbons (Fsp3) is 0.0588. The van der Waals surface area contributed by atoms with Crippen LogP contribution < -0.4 is 10.1 Å². The van der Waals surface area contributed by atoms with Crippen LogP contribution in [0.15, 0.2) is 47.1 Å². The standard InChI is InChI=1S/C17H14N4O4/c1-24-16-13(22)5-3-11(15(16)23)14-8-18-17(25-14)20-10-2-4-12-9(6-10)7-19-21-12/h2-8,22-23H,1H3,(H,18,20)(H,19,21). The lowest BCUT2D eigenvalue weighted by atomic mass is 10.1. The number of rotatable bonds is 4. The van der Waals surface area contributed by atoms with Crippen LogP contribution in [0.5, 0.6) is 17.2 Å². The maximum atomic E-state index is 10.2. The van der Waals surface area contributed by atoms with E-state index in [1.54, 1.807) is 6.20 Å². The number of ether oxygens (including phenoxy) is 1. The Morgan fingerprint density at radius 3 is 2.88 bits per heavy atom. The van der Waals surface area contributed by atoms with Crippen LogP contribution in [-0.4, -0.2) is 32.5 Å². The van der Waals surface area contributed by atoms with E-state index in [0.717, 1.165) is 16.6 Å². The Hall–Kier alpha value is -3.68. The largest absolute Gasteiger partial charge is 0.504 e. The summed E-state index contributed by atoms with van der Waals surface area (Å²) in [6.45, 7) is 0. The predicted molar refractivity (Wildman–Crippen MR) is 91.2 cm³/mol. The van der Waals surface area contributed by atoms with Gasteiger partial charge in [0.25, 0.3) is 6.01 Å².